The van der Waals surface area contributed by atoms with Gasteiger partial charge in [0.2, 0.25) is 0 Å². The summed E-state index contributed by atoms with van der Waals surface area (Å²) in [6.07, 6.45) is 18.0. The first-order valence-electron chi connectivity index (χ1n) is 10.2. The molecule has 0 saturated carbocycles. The Hall–Kier alpha value is -1.85. The van der Waals surface area contributed by atoms with Gasteiger partial charge >= 0.3 is 11.7 Å². The van der Waals surface area contributed by atoms with Crippen LogP contribution in [0.4, 0.5) is 5.82 Å². The van der Waals surface area contributed by atoms with E-state index in [1.807, 2.05) is 0 Å². The molecule has 2 N–H and O–H groups in total. The van der Waals surface area contributed by atoms with Crippen LogP contribution in [0.15, 0.2) is 17.1 Å². The predicted molar refractivity (Wildman–Crippen MR) is 105 cm³/mol. The van der Waals surface area contributed by atoms with E-state index in [1.54, 1.807) is 0 Å². The fraction of sp³-hybridized carbons (Fsp3) is 0.750. The summed E-state index contributed by atoms with van der Waals surface area (Å²) in [6, 6.07) is 1.42. The lowest BCUT2D eigenvalue weighted by Gasteiger charge is -2.05. The van der Waals surface area contributed by atoms with Crippen LogP contribution in [0.25, 0.3) is 0 Å². The smallest absolute Gasteiger partial charge is 0.382 e. The molecule has 0 amide bonds. The number of hydrogen-bond acceptors (Lipinski definition) is 5. The molecule has 0 bridgehead atoms. The quantitative estimate of drug-likeness (QED) is 0.469. The first-order chi connectivity index (χ1) is 12.6. The molecule has 0 aliphatic heterocycles. The molecular weight excluding hydrogens is 330 g/mol. The summed E-state index contributed by atoms with van der Waals surface area (Å²) in [5, 5.41) is 0. The standard InChI is InChI=1S/C20H35N3O3/c1-2-3-4-5-6-7-8-9-10-11-12-13-14-15-19(24)26-23-17-16-18(21)22-20(23)25/h16-17H,2-15H2,1H3,(H2,21,22,25). The second-order valence-corrected chi connectivity index (χ2v) is 6.92. The Morgan fingerprint density at radius 2 is 1.46 bits per heavy atom. The molecule has 6 nitrogen and oxygen atoms in total. The highest BCUT2D eigenvalue weighted by Gasteiger charge is 2.06. The molecule has 0 fully saturated rings. The monoisotopic (exact) mass is 365 g/mol. The molecule has 1 rings (SSSR count). The van der Waals surface area contributed by atoms with Gasteiger partial charge in [-0.05, 0) is 6.42 Å². The van der Waals surface area contributed by atoms with Crippen LogP contribution < -0.4 is 16.3 Å². The topological polar surface area (TPSA) is 87.2 Å². The Kier molecular flexibility index (Phi) is 12.2. The molecule has 148 valence electrons. The van der Waals surface area contributed by atoms with Gasteiger partial charge in [0, 0.05) is 12.5 Å². The summed E-state index contributed by atoms with van der Waals surface area (Å²) in [4.78, 5) is 31.6. The number of nitrogens with two attached hydrogens (primary N) is 1. The Morgan fingerprint density at radius 3 is 1.96 bits per heavy atom. The van der Waals surface area contributed by atoms with E-state index in [0.29, 0.717) is 6.42 Å². The molecular formula is C20H35N3O3. The molecule has 1 aromatic rings. The Balaban J connectivity index is 1.92. The molecule has 0 spiro atoms. The van der Waals surface area contributed by atoms with Crippen molar-refractivity contribution in [3.63, 3.8) is 0 Å². The fourth-order valence-electron chi connectivity index (χ4n) is 2.92. The number of nitrogens with zero attached hydrogens (tertiary/aromatic N) is 2. The van der Waals surface area contributed by atoms with Gasteiger partial charge in [-0.15, -0.1) is 4.73 Å². The maximum absolute atomic E-state index is 11.7. The average Bonchev–Trinajstić information content (AvgIpc) is 2.61. The summed E-state index contributed by atoms with van der Waals surface area (Å²) in [5.74, 6) is -0.305. The molecule has 0 aromatic carbocycles. The number of unbranched alkanes of at least 4 members (excludes halogenated alkanes) is 12. The number of anilines is 1. The van der Waals surface area contributed by atoms with Gasteiger partial charge in [-0.25, -0.2) is 9.59 Å². The van der Waals surface area contributed by atoms with E-state index in [4.69, 9.17) is 10.6 Å². The third-order valence-corrected chi connectivity index (χ3v) is 4.48. The van der Waals surface area contributed by atoms with Gasteiger partial charge in [-0.1, -0.05) is 84.0 Å². The SMILES string of the molecule is CCCCCCCCCCCCCCCC(=O)On1ccc(N)nc1=O. The van der Waals surface area contributed by atoms with Gasteiger partial charge in [-0.3, -0.25) is 0 Å². The predicted octanol–water partition coefficient (Wildman–Crippen LogP) is 4.26. The van der Waals surface area contributed by atoms with Crippen molar-refractivity contribution >= 4 is 11.8 Å². The lowest BCUT2D eigenvalue weighted by molar-refractivity contribution is -0.144. The normalized spacial score (nSPS) is 10.8. The van der Waals surface area contributed by atoms with Gasteiger partial charge in [0.25, 0.3) is 0 Å². The van der Waals surface area contributed by atoms with Crippen LogP contribution in [0.3, 0.4) is 0 Å². The van der Waals surface area contributed by atoms with Gasteiger partial charge in [0.05, 0.1) is 6.20 Å². The molecule has 1 heterocycles. The number of nitrogen functional groups attached to an aromatic ring is 1. The zero-order chi connectivity index (χ0) is 19.0. The highest BCUT2D eigenvalue weighted by Crippen LogP contribution is 2.12. The van der Waals surface area contributed by atoms with Crippen molar-refractivity contribution in [2.75, 3.05) is 5.73 Å². The lowest BCUT2D eigenvalue weighted by Crippen LogP contribution is -2.32. The second-order valence-electron chi connectivity index (χ2n) is 6.92. The van der Waals surface area contributed by atoms with Crippen molar-refractivity contribution in [3.8, 4) is 0 Å². The lowest BCUT2D eigenvalue weighted by atomic mass is 10.0. The van der Waals surface area contributed by atoms with E-state index in [2.05, 4.69) is 11.9 Å². The van der Waals surface area contributed by atoms with E-state index in [9.17, 15) is 9.59 Å². The van der Waals surface area contributed by atoms with Crippen molar-refractivity contribution < 1.29 is 9.63 Å². The zero-order valence-electron chi connectivity index (χ0n) is 16.3. The molecule has 1 aromatic heterocycles. The molecule has 0 radical (unpaired) electrons. The van der Waals surface area contributed by atoms with Gasteiger partial charge in [-0.2, -0.15) is 4.98 Å². The van der Waals surface area contributed by atoms with Gasteiger partial charge in [0.15, 0.2) is 0 Å². The first-order valence-corrected chi connectivity index (χ1v) is 10.2. The Bertz CT molecular complexity index is 557. The van der Waals surface area contributed by atoms with Crippen LogP contribution in [-0.2, 0) is 4.79 Å². The zero-order valence-corrected chi connectivity index (χ0v) is 16.3. The van der Waals surface area contributed by atoms with Crippen molar-refractivity contribution in [2.24, 2.45) is 0 Å². The molecule has 0 unspecified atom stereocenters. The second kappa shape index (κ2) is 14.3. The minimum atomic E-state index is -0.677. The maximum atomic E-state index is 11.7. The molecule has 0 aliphatic carbocycles. The van der Waals surface area contributed by atoms with Crippen molar-refractivity contribution in [1.82, 2.24) is 9.71 Å². The summed E-state index contributed by atoms with van der Waals surface area (Å²) in [5.41, 5.74) is 4.71. The number of carbonyl (C=O) groups is 1. The van der Waals surface area contributed by atoms with Crippen LogP contribution in [0.1, 0.15) is 96.8 Å². The molecule has 0 saturated heterocycles. The van der Waals surface area contributed by atoms with Gasteiger partial charge < -0.3 is 10.6 Å². The molecule has 0 atom stereocenters. The highest BCUT2D eigenvalue weighted by atomic mass is 16.7. The largest absolute Gasteiger partial charge is 0.383 e. The van der Waals surface area contributed by atoms with Crippen molar-refractivity contribution in [1.29, 1.82) is 0 Å². The minimum absolute atomic E-state index is 0.110. The summed E-state index contributed by atoms with van der Waals surface area (Å²) >= 11 is 0. The van der Waals surface area contributed by atoms with E-state index in [1.165, 1.54) is 76.5 Å². The number of rotatable bonds is 15. The third-order valence-electron chi connectivity index (χ3n) is 4.48. The maximum Gasteiger partial charge on any atom is 0.382 e. The highest BCUT2D eigenvalue weighted by molar-refractivity contribution is 5.69. The third kappa shape index (κ3) is 10.9. The van der Waals surface area contributed by atoms with Crippen LogP contribution in [-0.4, -0.2) is 15.7 Å². The van der Waals surface area contributed by atoms with Crippen molar-refractivity contribution in [3.05, 3.63) is 22.7 Å². The fourth-order valence-corrected chi connectivity index (χ4v) is 2.92. The Morgan fingerprint density at radius 1 is 0.962 bits per heavy atom. The van der Waals surface area contributed by atoms with Gasteiger partial charge in [0.1, 0.15) is 5.82 Å². The number of carbonyl (C=O) groups excluding carboxylic acids is 1. The van der Waals surface area contributed by atoms with E-state index < -0.39 is 11.7 Å². The van der Waals surface area contributed by atoms with Crippen LogP contribution in [0.5, 0.6) is 0 Å². The van der Waals surface area contributed by atoms with Crippen LogP contribution >= 0.6 is 0 Å². The Labute approximate surface area is 157 Å². The van der Waals surface area contributed by atoms with E-state index >= 15 is 0 Å². The van der Waals surface area contributed by atoms with Crippen molar-refractivity contribution in [2.45, 2.75) is 96.8 Å². The first kappa shape index (κ1) is 22.2. The number of aromatic nitrogens is 2. The molecule has 26 heavy (non-hydrogen) atoms. The van der Waals surface area contributed by atoms with E-state index in [0.717, 1.165) is 24.0 Å². The summed E-state index contributed by atoms with van der Waals surface area (Å²) < 4.78 is 0.820. The van der Waals surface area contributed by atoms with Crippen LogP contribution in [0.2, 0.25) is 0 Å². The molecule has 6 heteroatoms. The molecule has 0 aliphatic rings. The number of hydrogen-bond donors (Lipinski definition) is 1. The summed E-state index contributed by atoms with van der Waals surface area (Å²) in [7, 11) is 0. The van der Waals surface area contributed by atoms with E-state index in [-0.39, 0.29) is 5.82 Å². The minimum Gasteiger partial charge on any atom is -0.383 e. The summed E-state index contributed by atoms with van der Waals surface area (Å²) in [6.45, 7) is 2.25. The van der Waals surface area contributed by atoms with Crippen LogP contribution in [0, 0.1) is 0 Å². The average molecular weight is 366 g/mol.